The number of benzene rings is 3. The third-order valence-corrected chi connectivity index (χ3v) is 6.70. The Morgan fingerprint density at radius 2 is 1.60 bits per heavy atom. The van der Waals surface area contributed by atoms with Crippen LogP contribution < -0.4 is 10.1 Å². The smallest absolute Gasteiger partial charge is 0.306 e. The third-order valence-electron chi connectivity index (χ3n) is 4.92. The molecule has 3 rings (SSSR count). The predicted octanol–water partition coefficient (Wildman–Crippen LogP) is 3.90. The molecule has 0 aliphatic carbocycles. The highest BCUT2D eigenvalue weighted by molar-refractivity contribution is 7.91. The van der Waals surface area contributed by atoms with Crippen molar-refractivity contribution >= 4 is 33.1 Å². The van der Waals surface area contributed by atoms with Gasteiger partial charge in [0.2, 0.25) is 15.7 Å². The van der Waals surface area contributed by atoms with Crippen molar-refractivity contribution in [3.8, 4) is 5.75 Å². The van der Waals surface area contributed by atoms with Gasteiger partial charge in [-0.05, 0) is 42.0 Å². The maximum atomic E-state index is 12.6. The van der Waals surface area contributed by atoms with Gasteiger partial charge in [0.15, 0.2) is 0 Å². The second-order valence-electron chi connectivity index (χ2n) is 7.31. The fourth-order valence-corrected chi connectivity index (χ4v) is 4.34. The molecule has 0 radical (unpaired) electrons. The second kappa shape index (κ2) is 11.3. The molecule has 0 aliphatic rings. The van der Waals surface area contributed by atoms with Crippen molar-refractivity contribution in [2.24, 2.45) is 0 Å². The van der Waals surface area contributed by atoms with Crippen LogP contribution in [0.5, 0.6) is 5.75 Å². The molecule has 1 N–H and O–H groups in total. The van der Waals surface area contributed by atoms with Crippen LogP contribution in [-0.2, 0) is 30.8 Å². The van der Waals surface area contributed by atoms with E-state index in [0.29, 0.717) is 5.56 Å². The molecular formula is C24H22N2O8S. The SMILES string of the molecule is COc1ccc(NC(=O)CCC(=O)OCc2ccc(S(=O)(=O)c3ccccc3)cc2)c([N+](=O)[O-])c1. The molecular weight excluding hydrogens is 476 g/mol. The lowest BCUT2D eigenvalue weighted by atomic mass is 10.2. The topological polar surface area (TPSA) is 142 Å². The predicted molar refractivity (Wildman–Crippen MR) is 126 cm³/mol. The maximum absolute atomic E-state index is 12.6. The summed E-state index contributed by atoms with van der Waals surface area (Å²) in [7, 11) is -2.28. The van der Waals surface area contributed by atoms with Gasteiger partial charge >= 0.3 is 5.97 Å². The van der Waals surface area contributed by atoms with Gasteiger partial charge in [0.05, 0.1) is 34.3 Å². The number of nitro groups is 1. The molecule has 0 spiro atoms. The summed E-state index contributed by atoms with van der Waals surface area (Å²) in [5.41, 5.74) is 0.224. The van der Waals surface area contributed by atoms with Gasteiger partial charge < -0.3 is 14.8 Å². The van der Waals surface area contributed by atoms with E-state index in [1.807, 2.05) is 0 Å². The average molecular weight is 499 g/mol. The number of carbonyl (C=O) groups excluding carboxylic acids is 2. The van der Waals surface area contributed by atoms with Crippen molar-refractivity contribution in [3.05, 3.63) is 88.5 Å². The molecule has 0 fully saturated rings. The molecule has 3 aromatic carbocycles. The van der Waals surface area contributed by atoms with E-state index in [4.69, 9.17) is 9.47 Å². The molecule has 0 aromatic heterocycles. The summed E-state index contributed by atoms with van der Waals surface area (Å²) in [5.74, 6) is -0.972. The van der Waals surface area contributed by atoms with Gasteiger partial charge in [-0.15, -0.1) is 0 Å². The molecule has 0 atom stereocenters. The zero-order valence-electron chi connectivity index (χ0n) is 18.7. The Morgan fingerprint density at radius 3 is 2.23 bits per heavy atom. The summed E-state index contributed by atoms with van der Waals surface area (Å²) in [6, 6.07) is 17.9. The average Bonchev–Trinajstić information content (AvgIpc) is 2.87. The number of nitrogens with one attached hydrogen (secondary N) is 1. The number of hydrogen-bond donors (Lipinski definition) is 1. The number of methoxy groups -OCH3 is 1. The fourth-order valence-electron chi connectivity index (χ4n) is 3.06. The van der Waals surface area contributed by atoms with E-state index in [0.717, 1.165) is 0 Å². The van der Waals surface area contributed by atoms with Crippen molar-refractivity contribution < 1.29 is 32.4 Å². The Bertz CT molecular complexity index is 1320. The third kappa shape index (κ3) is 6.64. The number of nitrogens with zero attached hydrogens (tertiary/aromatic N) is 1. The zero-order chi connectivity index (χ0) is 25.4. The van der Waals surface area contributed by atoms with E-state index in [-0.39, 0.29) is 46.4 Å². The second-order valence-corrected chi connectivity index (χ2v) is 9.26. The van der Waals surface area contributed by atoms with Crippen LogP contribution in [0.15, 0.2) is 82.6 Å². The van der Waals surface area contributed by atoms with Crippen LogP contribution in [0, 0.1) is 10.1 Å². The van der Waals surface area contributed by atoms with E-state index >= 15 is 0 Å². The van der Waals surface area contributed by atoms with Crippen LogP contribution >= 0.6 is 0 Å². The maximum Gasteiger partial charge on any atom is 0.306 e. The van der Waals surface area contributed by atoms with Gasteiger partial charge in [-0.1, -0.05) is 30.3 Å². The van der Waals surface area contributed by atoms with Crippen LogP contribution in [0.4, 0.5) is 11.4 Å². The van der Waals surface area contributed by atoms with Crippen molar-refractivity contribution in [1.29, 1.82) is 0 Å². The highest BCUT2D eigenvalue weighted by atomic mass is 32.2. The van der Waals surface area contributed by atoms with Crippen LogP contribution in [0.25, 0.3) is 0 Å². The molecule has 3 aromatic rings. The molecule has 0 unspecified atom stereocenters. The Morgan fingerprint density at radius 1 is 0.943 bits per heavy atom. The molecule has 11 heteroatoms. The van der Waals surface area contributed by atoms with Crippen LogP contribution in [0.1, 0.15) is 18.4 Å². The lowest BCUT2D eigenvalue weighted by molar-refractivity contribution is -0.384. The van der Waals surface area contributed by atoms with Crippen molar-refractivity contribution in [3.63, 3.8) is 0 Å². The number of carbonyl (C=O) groups is 2. The van der Waals surface area contributed by atoms with Crippen molar-refractivity contribution in [2.45, 2.75) is 29.2 Å². The van der Waals surface area contributed by atoms with E-state index in [1.165, 1.54) is 49.6 Å². The number of anilines is 1. The summed E-state index contributed by atoms with van der Waals surface area (Å²) >= 11 is 0. The van der Waals surface area contributed by atoms with Crippen molar-refractivity contribution in [2.75, 3.05) is 12.4 Å². The molecule has 35 heavy (non-hydrogen) atoms. The summed E-state index contributed by atoms with van der Waals surface area (Å²) in [6.07, 6.45) is -0.480. The first-order valence-electron chi connectivity index (χ1n) is 10.4. The number of rotatable bonds is 10. The van der Waals surface area contributed by atoms with Crippen LogP contribution in [-0.4, -0.2) is 32.3 Å². The summed E-state index contributed by atoms with van der Waals surface area (Å²) < 4.78 is 35.3. The van der Waals surface area contributed by atoms with E-state index in [9.17, 15) is 28.1 Å². The molecule has 1 amide bonds. The minimum Gasteiger partial charge on any atom is -0.496 e. The first-order chi connectivity index (χ1) is 16.7. The number of nitro benzene ring substituents is 1. The molecule has 0 saturated heterocycles. The number of sulfone groups is 1. The summed E-state index contributed by atoms with van der Waals surface area (Å²) in [5, 5.41) is 13.6. The van der Waals surface area contributed by atoms with Gasteiger partial charge in [-0.25, -0.2) is 8.42 Å². The van der Waals surface area contributed by atoms with Crippen LogP contribution in [0.2, 0.25) is 0 Å². The quantitative estimate of drug-likeness (QED) is 0.252. The number of esters is 1. The normalized spacial score (nSPS) is 10.9. The molecule has 182 valence electrons. The monoisotopic (exact) mass is 498 g/mol. The highest BCUT2D eigenvalue weighted by Crippen LogP contribution is 2.29. The van der Waals surface area contributed by atoms with Crippen molar-refractivity contribution in [1.82, 2.24) is 0 Å². The van der Waals surface area contributed by atoms with Gasteiger partial charge in [0.25, 0.3) is 5.69 Å². The van der Waals surface area contributed by atoms with E-state index in [1.54, 1.807) is 30.3 Å². The highest BCUT2D eigenvalue weighted by Gasteiger charge is 2.19. The minimum atomic E-state index is -3.64. The largest absolute Gasteiger partial charge is 0.496 e. The molecule has 10 nitrogen and oxygen atoms in total. The molecule has 0 aliphatic heterocycles. The minimum absolute atomic E-state index is 0.0142. The Labute approximate surface area is 201 Å². The Balaban J connectivity index is 1.50. The Hall–Kier alpha value is -4.25. The first kappa shape index (κ1) is 25.4. The lowest BCUT2D eigenvalue weighted by Gasteiger charge is -2.09. The van der Waals surface area contributed by atoms with Crippen LogP contribution in [0.3, 0.4) is 0 Å². The zero-order valence-corrected chi connectivity index (χ0v) is 19.5. The number of hydrogen-bond acceptors (Lipinski definition) is 8. The Kier molecular flexibility index (Phi) is 8.16. The van der Waals surface area contributed by atoms with E-state index in [2.05, 4.69) is 5.32 Å². The number of ether oxygens (including phenoxy) is 2. The van der Waals surface area contributed by atoms with Gasteiger partial charge in [-0.2, -0.15) is 0 Å². The van der Waals surface area contributed by atoms with E-state index < -0.39 is 26.6 Å². The lowest BCUT2D eigenvalue weighted by Crippen LogP contribution is -2.15. The molecule has 0 bridgehead atoms. The van der Waals surface area contributed by atoms with Gasteiger partial charge in [-0.3, -0.25) is 19.7 Å². The summed E-state index contributed by atoms with van der Waals surface area (Å²) in [4.78, 5) is 35.0. The molecule has 0 saturated carbocycles. The first-order valence-corrected chi connectivity index (χ1v) is 11.9. The molecule has 0 heterocycles. The van der Waals surface area contributed by atoms with Gasteiger partial charge in [0.1, 0.15) is 18.0 Å². The number of amides is 1. The standard InChI is InChI=1S/C24H22N2O8S/c1-33-18-9-12-21(22(15-18)26(29)30)25-23(27)13-14-24(28)34-16-17-7-10-20(11-8-17)35(31,32)19-5-3-2-4-6-19/h2-12,15H,13-14,16H2,1H3,(H,25,27). The van der Waals surface area contributed by atoms with Gasteiger partial charge in [0, 0.05) is 6.42 Å². The summed E-state index contributed by atoms with van der Waals surface area (Å²) in [6.45, 7) is -0.101. The fraction of sp³-hybridized carbons (Fsp3) is 0.167.